The zero-order valence-electron chi connectivity index (χ0n) is 21.9. The van der Waals surface area contributed by atoms with Gasteiger partial charge in [-0.25, -0.2) is 4.98 Å². The summed E-state index contributed by atoms with van der Waals surface area (Å²) in [6, 6.07) is 14.1. The van der Waals surface area contributed by atoms with Crippen LogP contribution in [0.3, 0.4) is 0 Å². The number of hydrogen-bond acceptors (Lipinski definition) is 7. The van der Waals surface area contributed by atoms with Crippen molar-refractivity contribution in [2.75, 3.05) is 33.9 Å². The molecule has 0 radical (unpaired) electrons. The van der Waals surface area contributed by atoms with Crippen molar-refractivity contribution in [2.24, 2.45) is 0 Å². The van der Waals surface area contributed by atoms with Gasteiger partial charge in [-0.2, -0.15) is 0 Å². The number of amides is 1. The van der Waals surface area contributed by atoms with Crippen molar-refractivity contribution in [3.63, 3.8) is 0 Å². The summed E-state index contributed by atoms with van der Waals surface area (Å²) < 4.78 is 22.4. The maximum Gasteiger partial charge on any atom is 0.273 e. The molecule has 0 saturated carbocycles. The van der Waals surface area contributed by atoms with E-state index >= 15 is 0 Å². The molecule has 2 aromatic heterocycles. The molecule has 0 aliphatic carbocycles. The minimum absolute atomic E-state index is 0.0724. The lowest BCUT2D eigenvalue weighted by molar-refractivity contribution is 0.0853. The lowest BCUT2D eigenvalue weighted by Crippen LogP contribution is -2.32. The summed E-state index contributed by atoms with van der Waals surface area (Å²) in [5, 5.41) is 4.12. The number of nitrogens with one attached hydrogen (secondary N) is 2. The third-order valence-electron chi connectivity index (χ3n) is 6.91. The van der Waals surface area contributed by atoms with Crippen molar-refractivity contribution in [2.45, 2.75) is 38.5 Å². The van der Waals surface area contributed by atoms with E-state index in [-0.39, 0.29) is 17.7 Å². The number of aromatic amines is 1. The molecule has 0 bridgehead atoms. The zero-order valence-corrected chi connectivity index (χ0v) is 21.9. The number of fused-ring (bicyclic) bond motifs is 1. The molecule has 2 aromatic carbocycles. The van der Waals surface area contributed by atoms with E-state index in [1.165, 1.54) is 17.2 Å². The summed E-state index contributed by atoms with van der Waals surface area (Å²) in [5.74, 6) is 1.77. The van der Waals surface area contributed by atoms with Crippen LogP contribution in [0.1, 0.15) is 40.3 Å². The van der Waals surface area contributed by atoms with Gasteiger partial charge in [0.15, 0.2) is 5.69 Å². The number of carbonyl (C=O) groups excluding carboxylic acids is 1. The van der Waals surface area contributed by atoms with Gasteiger partial charge in [-0.05, 0) is 49.1 Å². The third kappa shape index (κ3) is 6.17. The maximum absolute atomic E-state index is 12.6. The first-order chi connectivity index (χ1) is 18.6. The van der Waals surface area contributed by atoms with Gasteiger partial charge in [0.1, 0.15) is 17.8 Å². The van der Waals surface area contributed by atoms with Gasteiger partial charge in [0, 0.05) is 48.9 Å². The molecule has 1 saturated heterocycles. The second kappa shape index (κ2) is 12.1. The van der Waals surface area contributed by atoms with Crippen LogP contribution in [0.15, 0.2) is 59.3 Å². The predicted octanol–water partition coefficient (Wildman–Crippen LogP) is 4.33. The van der Waals surface area contributed by atoms with Crippen molar-refractivity contribution in [1.82, 2.24) is 20.2 Å². The van der Waals surface area contributed by atoms with Gasteiger partial charge in [-0.3, -0.25) is 9.69 Å². The molecular weight excluding hydrogens is 484 g/mol. The minimum Gasteiger partial charge on any atom is -0.497 e. The standard InChI is InChI=1S/C29H34N4O5/c1-35-22-9-10-27(36-2)21(14-22)17-33(12-11-20-15-30-25-8-4-3-7-24(20)25)18-28-32-26(19-38-28)29(34)31-16-23-6-5-13-37-23/h3-4,7-10,14-15,19,23,30H,5-6,11-13,16-18H2,1-2H3,(H,31,34)/t23-/m1/s1. The Bertz CT molecular complexity index is 1360. The van der Waals surface area contributed by atoms with Gasteiger partial charge in [-0.15, -0.1) is 0 Å². The fraction of sp³-hybridized carbons (Fsp3) is 0.379. The molecule has 9 heteroatoms. The molecule has 5 rings (SSSR count). The molecule has 4 aromatic rings. The summed E-state index contributed by atoms with van der Waals surface area (Å²) in [4.78, 5) is 22.7. The Kier molecular flexibility index (Phi) is 8.25. The smallest absolute Gasteiger partial charge is 0.273 e. The molecular formula is C29H34N4O5. The molecule has 1 atom stereocenters. The van der Waals surface area contributed by atoms with Crippen LogP contribution in [0.4, 0.5) is 0 Å². The number of benzene rings is 2. The molecule has 1 amide bonds. The Hall–Kier alpha value is -3.82. The highest BCUT2D eigenvalue weighted by atomic mass is 16.5. The topological polar surface area (TPSA) is 102 Å². The van der Waals surface area contributed by atoms with Crippen LogP contribution in [-0.2, 0) is 24.2 Å². The number of oxazole rings is 1. The summed E-state index contributed by atoms with van der Waals surface area (Å²) in [5.41, 5.74) is 3.63. The monoisotopic (exact) mass is 518 g/mol. The van der Waals surface area contributed by atoms with E-state index in [0.29, 0.717) is 25.5 Å². The van der Waals surface area contributed by atoms with Crippen molar-refractivity contribution < 1.29 is 23.4 Å². The molecule has 0 unspecified atom stereocenters. The quantitative estimate of drug-likeness (QED) is 0.288. The van der Waals surface area contributed by atoms with E-state index in [1.807, 2.05) is 24.3 Å². The van der Waals surface area contributed by atoms with Gasteiger partial charge < -0.3 is 28.9 Å². The summed E-state index contributed by atoms with van der Waals surface area (Å²) in [6.07, 6.45) is 6.38. The fourth-order valence-electron chi connectivity index (χ4n) is 4.86. The first-order valence-electron chi connectivity index (χ1n) is 13.0. The van der Waals surface area contributed by atoms with E-state index < -0.39 is 0 Å². The summed E-state index contributed by atoms with van der Waals surface area (Å²) >= 11 is 0. The van der Waals surface area contributed by atoms with Crippen LogP contribution >= 0.6 is 0 Å². The molecule has 1 fully saturated rings. The number of nitrogens with zero attached hydrogens (tertiary/aromatic N) is 2. The number of aromatic nitrogens is 2. The fourth-order valence-corrected chi connectivity index (χ4v) is 4.86. The predicted molar refractivity (Wildman–Crippen MR) is 143 cm³/mol. The molecule has 2 N–H and O–H groups in total. The Morgan fingerprint density at radius 2 is 2.05 bits per heavy atom. The molecule has 3 heterocycles. The van der Waals surface area contributed by atoms with E-state index in [9.17, 15) is 4.79 Å². The first-order valence-corrected chi connectivity index (χ1v) is 13.0. The normalized spacial score (nSPS) is 15.3. The van der Waals surface area contributed by atoms with E-state index in [1.54, 1.807) is 14.2 Å². The number of hydrogen-bond donors (Lipinski definition) is 2. The number of H-pyrrole nitrogens is 1. The molecule has 38 heavy (non-hydrogen) atoms. The molecule has 9 nitrogen and oxygen atoms in total. The summed E-state index contributed by atoms with van der Waals surface area (Å²) in [7, 11) is 3.32. The largest absolute Gasteiger partial charge is 0.497 e. The third-order valence-corrected chi connectivity index (χ3v) is 6.91. The SMILES string of the molecule is COc1ccc(OC)c(CN(CCc2c[nH]c3ccccc23)Cc2nc(C(=O)NC[C@H]3CCCO3)co2)c1. The van der Waals surface area contributed by atoms with Crippen LogP contribution in [0.25, 0.3) is 10.9 Å². The minimum atomic E-state index is -0.254. The van der Waals surface area contributed by atoms with Gasteiger partial charge >= 0.3 is 0 Å². The second-order valence-corrected chi connectivity index (χ2v) is 9.47. The van der Waals surface area contributed by atoms with Crippen molar-refractivity contribution in [3.8, 4) is 11.5 Å². The number of para-hydroxylation sites is 1. The number of methoxy groups -OCH3 is 2. The lowest BCUT2D eigenvalue weighted by atomic mass is 10.1. The van der Waals surface area contributed by atoms with E-state index in [2.05, 4.69) is 44.6 Å². The van der Waals surface area contributed by atoms with Gasteiger partial charge in [-0.1, -0.05) is 18.2 Å². The second-order valence-electron chi connectivity index (χ2n) is 9.47. The molecule has 1 aliphatic heterocycles. The molecule has 1 aliphatic rings. The van der Waals surface area contributed by atoms with E-state index in [4.69, 9.17) is 18.6 Å². The number of carbonyl (C=O) groups is 1. The van der Waals surface area contributed by atoms with Gasteiger partial charge in [0.05, 0.1) is 26.9 Å². The lowest BCUT2D eigenvalue weighted by Gasteiger charge is -2.22. The number of rotatable bonds is 12. The Morgan fingerprint density at radius 3 is 2.87 bits per heavy atom. The van der Waals surface area contributed by atoms with Crippen LogP contribution in [-0.4, -0.2) is 60.8 Å². The molecule has 0 spiro atoms. The number of ether oxygens (including phenoxy) is 3. The Morgan fingerprint density at radius 1 is 1.16 bits per heavy atom. The Labute approximate surface area is 222 Å². The maximum atomic E-state index is 12.6. The van der Waals surface area contributed by atoms with Crippen LogP contribution < -0.4 is 14.8 Å². The highest BCUT2D eigenvalue weighted by molar-refractivity contribution is 5.91. The van der Waals surface area contributed by atoms with Crippen LogP contribution in [0.2, 0.25) is 0 Å². The first kappa shape index (κ1) is 25.8. The van der Waals surface area contributed by atoms with Crippen LogP contribution in [0.5, 0.6) is 11.5 Å². The van der Waals surface area contributed by atoms with E-state index in [0.717, 1.165) is 55.0 Å². The highest BCUT2D eigenvalue weighted by Gasteiger charge is 2.20. The van der Waals surface area contributed by atoms with Crippen molar-refractivity contribution in [1.29, 1.82) is 0 Å². The average Bonchev–Trinajstić information content (AvgIpc) is 3.72. The summed E-state index contributed by atoms with van der Waals surface area (Å²) in [6.45, 7) is 2.99. The highest BCUT2D eigenvalue weighted by Crippen LogP contribution is 2.26. The van der Waals surface area contributed by atoms with Crippen molar-refractivity contribution in [3.05, 3.63) is 77.6 Å². The van der Waals surface area contributed by atoms with Crippen LogP contribution in [0, 0.1) is 0 Å². The Balaban J connectivity index is 1.31. The molecule has 200 valence electrons. The van der Waals surface area contributed by atoms with Gasteiger partial charge in [0.2, 0.25) is 5.89 Å². The van der Waals surface area contributed by atoms with Gasteiger partial charge in [0.25, 0.3) is 5.91 Å². The average molecular weight is 519 g/mol. The zero-order chi connectivity index (χ0) is 26.3. The van der Waals surface area contributed by atoms with Crippen molar-refractivity contribution >= 4 is 16.8 Å².